The van der Waals surface area contributed by atoms with Crippen molar-refractivity contribution in [2.24, 2.45) is 0 Å². The normalized spacial score (nSPS) is 10.6. The van der Waals surface area contributed by atoms with Gasteiger partial charge >= 0.3 is 6.03 Å². The fraction of sp³-hybridized carbons (Fsp3) is 0.250. The second-order valence-corrected chi connectivity index (χ2v) is 6.57. The van der Waals surface area contributed by atoms with Crippen molar-refractivity contribution in [2.45, 2.75) is 19.8 Å². The number of anilines is 1. The van der Waals surface area contributed by atoms with E-state index in [-0.39, 0.29) is 6.03 Å². The highest BCUT2D eigenvalue weighted by atomic mass is 35.5. The van der Waals surface area contributed by atoms with Crippen LogP contribution in [0, 0.1) is 0 Å². The summed E-state index contributed by atoms with van der Waals surface area (Å²) in [7, 11) is 1.74. The van der Waals surface area contributed by atoms with Gasteiger partial charge in [0.25, 0.3) is 5.89 Å². The number of nitrogens with one attached hydrogen (secondary N) is 1. The molecule has 2 aromatic carbocycles. The first-order chi connectivity index (χ1) is 13.1. The number of halogens is 1. The Hall–Kier alpha value is -2.86. The van der Waals surface area contributed by atoms with E-state index in [1.54, 1.807) is 24.1 Å². The Labute approximate surface area is 163 Å². The summed E-state index contributed by atoms with van der Waals surface area (Å²) in [4.78, 5) is 18.4. The summed E-state index contributed by atoms with van der Waals surface area (Å²) in [5.74, 6) is 0.985. The Balaban J connectivity index is 1.56. The zero-order chi connectivity index (χ0) is 19.2. The van der Waals surface area contributed by atoms with Gasteiger partial charge in [0.15, 0.2) is 5.82 Å². The first kappa shape index (κ1) is 18.9. The maximum atomic E-state index is 12.4. The van der Waals surface area contributed by atoms with Gasteiger partial charge in [-0.2, -0.15) is 4.98 Å². The lowest BCUT2D eigenvalue weighted by Crippen LogP contribution is -2.33. The second kappa shape index (κ2) is 8.68. The number of amides is 2. The molecule has 0 saturated carbocycles. The van der Waals surface area contributed by atoms with E-state index in [4.69, 9.17) is 16.1 Å². The molecule has 1 heterocycles. The monoisotopic (exact) mass is 384 g/mol. The van der Waals surface area contributed by atoms with E-state index >= 15 is 0 Å². The van der Waals surface area contributed by atoms with Gasteiger partial charge in [-0.1, -0.05) is 41.9 Å². The number of para-hydroxylation sites is 1. The zero-order valence-electron chi connectivity index (χ0n) is 15.3. The van der Waals surface area contributed by atoms with Crippen LogP contribution >= 0.6 is 11.6 Å². The standard InChI is InChI=1S/C20H21ClN4O2/c1-3-14-6-4-5-7-17(14)22-20(26)25(2)13-12-18-23-19(27-24-18)15-8-10-16(21)11-9-15/h4-11H,3,12-13H2,1-2H3,(H,22,26). The first-order valence-electron chi connectivity index (χ1n) is 8.75. The molecule has 6 nitrogen and oxygen atoms in total. The fourth-order valence-corrected chi connectivity index (χ4v) is 2.72. The molecule has 0 aliphatic rings. The minimum Gasteiger partial charge on any atom is -0.334 e. The van der Waals surface area contributed by atoms with Crippen LogP contribution in [0.1, 0.15) is 18.3 Å². The number of nitrogens with zero attached hydrogens (tertiary/aromatic N) is 3. The molecule has 0 unspecified atom stereocenters. The predicted molar refractivity (Wildman–Crippen MR) is 106 cm³/mol. The highest BCUT2D eigenvalue weighted by Gasteiger charge is 2.13. The van der Waals surface area contributed by atoms with Crippen LogP contribution in [0.2, 0.25) is 5.02 Å². The van der Waals surface area contributed by atoms with Gasteiger partial charge in [-0.15, -0.1) is 0 Å². The maximum Gasteiger partial charge on any atom is 0.321 e. The van der Waals surface area contributed by atoms with Gasteiger partial charge < -0.3 is 14.7 Å². The molecule has 3 aromatic rings. The quantitative estimate of drug-likeness (QED) is 0.671. The van der Waals surface area contributed by atoms with Crippen molar-refractivity contribution in [3.8, 4) is 11.5 Å². The van der Waals surface area contributed by atoms with Crippen LogP contribution < -0.4 is 5.32 Å². The average molecular weight is 385 g/mol. The Kier molecular flexibility index (Phi) is 6.08. The van der Waals surface area contributed by atoms with E-state index in [0.717, 1.165) is 23.2 Å². The minimum atomic E-state index is -0.169. The van der Waals surface area contributed by atoms with E-state index < -0.39 is 0 Å². The molecule has 7 heteroatoms. The van der Waals surface area contributed by atoms with Crippen molar-refractivity contribution < 1.29 is 9.32 Å². The summed E-state index contributed by atoms with van der Waals surface area (Å²) >= 11 is 5.89. The van der Waals surface area contributed by atoms with E-state index in [0.29, 0.717) is 29.7 Å². The van der Waals surface area contributed by atoms with Gasteiger partial charge in [-0.05, 0) is 42.3 Å². The number of likely N-dealkylation sites (N-methyl/N-ethyl adjacent to an activating group) is 1. The van der Waals surface area contributed by atoms with Crippen LogP contribution in [0.25, 0.3) is 11.5 Å². The van der Waals surface area contributed by atoms with Gasteiger partial charge in [0, 0.05) is 36.3 Å². The average Bonchev–Trinajstić information content (AvgIpc) is 3.16. The molecule has 27 heavy (non-hydrogen) atoms. The van der Waals surface area contributed by atoms with Crippen molar-refractivity contribution >= 4 is 23.3 Å². The molecule has 3 rings (SSSR count). The van der Waals surface area contributed by atoms with Gasteiger partial charge in [0.2, 0.25) is 0 Å². The molecular weight excluding hydrogens is 364 g/mol. The summed E-state index contributed by atoms with van der Waals surface area (Å²) in [6, 6.07) is 14.8. The van der Waals surface area contributed by atoms with Crippen molar-refractivity contribution in [2.75, 3.05) is 18.9 Å². The minimum absolute atomic E-state index is 0.169. The van der Waals surface area contributed by atoms with Crippen LogP contribution in [0.3, 0.4) is 0 Å². The van der Waals surface area contributed by atoms with Gasteiger partial charge in [-0.3, -0.25) is 0 Å². The van der Waals surface area contributed by atoms with Crippen molar-refractivity contribution in [1.82, 2.24) is 15.0 Å². The second-order valence-electron chi connectivity index (χ2n) is 6.14. The first-order valence-corrected chi connectivity index (χ1v) is 9.13. The smallest absolute Gasteiger partial charge is 0.321 e. The Bertz CT molecular complexity index is 908. The van der Waals surface area contributed by atoms with Crippen LogP contribution in [0.5, 0.6) is 0 Å². The highest BCUT2D eigenvalue weighted by Crippen LogP contribution is 2.20. The maximum absolute atomic E-state index is 12.4. The molecule has 0 aliphatic carbocycles. The molecule has 0 fully saturated rings. The highest BCUT2D eigenvalue weighted by molar-refractivity contribution is 6.30. The lowest BCUT2D eigenvalue weighted by atomic mass is 10.1. The zero-order valence-corrected chi connectivity index (χ0v) is 16.0. The fourth-order valence-electron chi connectivity index (χ4n) is 2.60. The number of rotatable bonds is 6. The van der Waals surface area contributed by atoms with Crippen LogP contribution in [0.4, 0.5) is 10.5 Å². The summed E-state index contributed by atoms with van der Waals surface area (Å²) in [6.07, 6.45) is 1.35. The molecule has 2 amide bonds. The number of carbonyl (C=O) groups excluding carboxylic acids is 1. The number of benzene rings is 2. The lowest BCUT2D eigenvalue weighted by Gasteiger charge is -2.18. The summed E-state index contributed by atoms with van der Waals surface area (Å²) in [5.41, 5.74) is 2.74. The Morgan fingerprint density at radius 1 is 1.19 bits per heavy atom. The SMILES string of the molecule is CCc1ccccc1NC(=O)N(C)CCc1noc(-c2ccc(Cl)cc2)n1. The largest absolute Gasteiger partial charge is 0.334 e. The summed E-state index contributed by atoms with van der Waals surface area (Å²) in [6.45, 7) is 2.53. The third kappa shape index (κ3) is 4.86. The molecule has 0 aliphatic heterocycles. The number of carbonyl (C=O) groups is 1. The number of hydrogen-bond donors (Lipinski definition) is 1. The third-order valence-electron chi connectivity index (χ3n) is 4.22. The Morgan fingerprint density at radius 3 is 2.67 bits per heavy atom. The molecule has 0 radical (unpaired) electrons. The van der Waals surface area contributed by atoms with Crippen LogP contribution in [0.15, 0.2) is 53.1 Å². The van der Waals surface area contributed by atoms with Gasteiger partial charge in [0.05, 0.1) is 0 Å². The van der Waals surface area contributed by atoms with E-state index in [1.165, 1.54) is 0 Å². The van der Waals surface area contributed by atoms with Crippen LogP contribution in [-0.4, -0.2) is 34.7 Å². The topological polar surface area (TPSA) is 71.3 Å². The lowest BCUT2D eigenvalue weighted by molar-refractivity contribution is 0.222. The van der Waals surface area contributed by atoms with Crippen molar-refractivity contribution in [3.63, 3.8) is 0 Å². The molecule has 0 bridgehead atoms. The molecule has 140 valence electrons. The van der Waals surface area contributed by atoms with Gasteiger partial charge in [0.1, 0.15) is 0 Å². The summed E-state index contributed by atoms with van der Waals surface area (Å²) < 4.78 is 5.29. The molecule has 0 spiro atoms. The van der Waals surface area contributed by atoms with Gasteiger partial charge in [-0.25, -0.2) is 4.79 Å². The van der Waals surface area contributed by atoms with Crippen LogP contribution in [-0.2, 0) is 12.8 Å². The number of aromatic nitrogens is 2. The molecule has 0 saturated heterocycles. The number of aryl methyl sites for hydroxylation is 1. The van der Waals surface area contributed by atoms with E-state index in [2.05, 4.69) is 22.4 Å². The molecular formula is C20H21ClN4O2. The third-order valence-corrected chi connectivity index (χ3v) is 4.47. The number of hydrogen-bond acceptors (Lipinski definition) is 4. The molecule has 1 N–H and O–H groups in total. The van der Waals surface area contributed by atoms with E-state index in [9.17, 15) is 4.79 Å². The van der Waals surface area contributed by atoms with E-state index in [1.807, 2.05) is 36.4 Å². The molecule has 1 aromatic heterocycles. The summed E-state index contributed by atoms with van der Waals surface area (Å²) in [5, 5.41) is 7.57. The van der Waals surface area contributed by atoms with Crippen molar-refractivity contribution in [1.29, 1.82) is 0 Å². The Morgan fingerprint density at radius 2 is 1.93 bits per heavy atom. The van der Waals surface area contributed by atoms with Crippen molar-refractivity contribution in [3.05, 3.63) is 64.9 Å². The molecule has 0 atom stereocenters. The number of urea groups is 1. The predicted octanol–water partition coefficient (Wildman–Crippen LogP) is 4.66.